The number of guanidine groups is 1. The number of aromatic nitrogens is 3. The zero-order valence-corrected chi connectivity index (χ0v) is 20.0. The second-order valence-electron chi connectivity index (χ2n) is 6.49. The summed E-state index contributed by atoms with van der Waals surface area (Å²) in [6, 6.07) is 0.593. The van der Waals surface area contributed by atoms with Crippen LogP contribution in [0.15, 0.2) is 10.1 Å². The number of thioether (sulfide) groups is 1. The van der Waals surface area contributed by atoms with Crippen LogP contribution in [0.1, 0.15) is 57.3 Å². The van der Waals surface area contributed by atoms with Crippen LogP contribution in [0.2, 0.25) is 0 Å². The summed E-state index contributed by atoms with van der Waals surface area (Å²) >= 11 is 1.70. The van der Waals surface area contributed by atoms with E-state index in [1.165, 1.54) is 25.7 Å². The highest BCUT2D eigenvalue weighted by Crippen LogP contribution is 2.33. The van der Waals surface area contributed by atoms with Crippen molar-refractivity contribution in [1.29, 1.82) is 0 Å². The molecule has 27 heavy (non-hydrogen) atoms. The van der Waals surface area contributed by atoms with E-state index < -0.39 is 0 Å². The number of nitrogens with zero attached hydrogens (tertiary/aromatic N) is 4. The topological polar surface area (TPSA) is 76.4 Å². The van der Waals surface area contributed by atoms with Gasteiger partial charge in [0.15, 0.2) is 11.1 Å². The molecule has 2 rings (SSSR count). The average Bonchev–Trinajstić information content (AvgIpc) is 3.32. The summed E-state index contributed by atoms with van der Waals surface area (Å²) in [5, 5.41) is 16.6. The van der Waals surface area contributed by atoms with Crippen molar-refractivity contribution >= 4 is 41.7 Å². The van der Waals surface area contributed by atoms with Crippen LogP contribution in [-0.2, 0) is 11.2 Å². The fraction of sp³-hybridized carbons (Fsp3) is 0.833. The van der Waals surface area contributed by atoms with Crippen LogP contribution in [0.4, 0.5) is 0 Å². The minimum Gasteiger partial charge on any atom is -0.382 e. The first-order valence-corrected chi connectivity index (χ1v) is 11.0. The fourth-order valence-electron chi connectivity index (χ4n) is 3.35. The SMILES string of the molecule is CCOCCCNC(=NC)NCCCc1nnc(SC)n1C1CCCC1.I. The molecule has 0 amide bonds. The van der Waals surface area contributed by atoms with Crippen molar-refractivity contribution in [3.63, 3.8) is 0 Å². The van der Waals surface area contributed by atoms with Gasteiger partial charge in [-0.15, -0.1) is 34.2 Å². The van der Waals surface area contributed by atoms with Gasteiger partial charge in [-0.05, 0) is 38.9 Å². The van der Waals surface area contributed by atoms with Crippen LogP contribution in [0.3, 0.4) is 0 Å². The minimum absolute atomic E-state index is 0. The molecule has 0 aromatic carbocycles. The molecule has 0 spiro atoms. The fourth-order valence-corrected chi connectivity index (χ4v) is 3.92. The van der Waals surface area contributed by atoms with E-state index in [9.17, 15) is 0 Å². The Bertz CT molecular complexity index is 548. The van der Waals surface area contributed by atoms with Gasteiger partial charge in [0.1, 0.15) is 5.82 Å². The van der Waals surface area contributed by atoms with Crippen molar-refractivity contribution < 1.29 is 4.74 Å². The lowest BCUT2D eigenvalue weighted by Crippen LogP contribution is -2.38. The first-order chi connectivity index (χ1) is 12.8. The van der Waals surface area contributed by atoms with E-state index in [2.05, 4.69) is 36.6 Å². The molecule has 2 N–H and O–H groups in total. The molecule has 7 nitrogen and oxygen atoms in total. The van der Waals surface area contributed by atoms with Crippen LogP contribution in [-0.4, -0.2) is 60.3 Å². The van der Waals surface area contributed by atoms with Crippen molar-refractivity contribution in [3.8, 4) is 0 Å². The van der Waals surface area contributed by atoms with E-state index in [1.54, 1.807) is 18.8 Å². The molecule has 0 radical (unpaired) electrons. The summed E-state index contributed by atoms with van der Waals surface area (Å²) in [7, 11) is 1.80. The van der Waals surface area contributed by atoms with Crippen LogP contribution in [0, 0.1) is 0 Å². The van der Waals surface area contributed by atoms with Gasteiger partial charge in [-0.2, -0.15) is 0 Å². The van der Waals surface area contributed by atoms with Gasteiger partial charge in [-0.1, -0.05) is 24.6 Å². The summed E-state index contributed by atoms with van der Waals surface area (Å²) in [6.45, 7) is 5.32. The molecule has 1 aliphatic carbocycles. The van der Waals surface area contributed by atoms with Crippen LogP contribution in [0.5, 0.6) is 0 Å². The zero-order valence-electron chi connectivity index (χ0n) is 16.9. The predicted octanol–water partition coefficient (Wildman–Crippen LogP) is 3.26. The van der Waals surface area contributed by atoms with Crippen LogP contribution >= 0.6 is 35.7 Å². The van der Waals surface area contributed by atoms with E-state index >= 15 is 0 Å². The number of rotatable bonds is 11. The summed E-state index contributed by atoms with van der Waals surface area (Å²) in [6.07, 6.45) is 10.2. The van der Waals surface area contributed by atoms with Gasteiger partial charge >= 0.3 is 0 Å². The Kier molecular flexibility index (Phi) is 13.1. The van der Waals surface area contributed by atoms with Gasteiger partial charge in [-0.3, -0.25) is 4.99 Å². The molecule has 0 aliphatic heterocycles. The largest absolute Gasteiger partial charge is 0.382 e. The van der Waals surface area contributed by atoms with Gasteiger partial charge in [0, 0.05) is 45.8 Å². The lowest BCUT2D eigenvalue weighted by atomic mass is 10.2. The number of nitrogens with one attached hydrogen (secondary N) is 2. The summed E-state index contributed by atoms with van der Waals surface area (Å²) in [4.78, 5) is 4.27. The van der Waals surface area contributed by atoms with Gasteiger partial charge in [0.2, 0.25) is 0 Å². The number of halogens is 1. The normalized spacial score (nSPS) is 15.0. The number of ether oxygens (including phenoxy) is 1. The lowest BCUT2D eigenvalue weighted by molar-refractivity contribution is 0.145. The van der Waals surface area contributed by atoms with Crippen molar-refractivity contribution in [2.75, 3.05) is 39.6 Å². The third-order valence-corrected chi connectivity index (χ3v) is 5.31. The smallest absolute Gasteiger partial charge is 0.191 e. The molecule has 0 unspecified atom stereocenters. The summed E-state index contributed by atoms with van der Waals surface area (Å²) in [5.41, 5.74) is 0. The predicted molar refractivity (Wildman–Crippen MR) is 124 cm³/mol. The molecule has 0 saturated heterocycles. The number of aliphatic imine (C=N–C) groups is 1. The lowest BCUT2D eigenvalue weighted by Gasteiger charge is -2.16. The Labute approximate surface area is 184 Å². The van der Waals surface area contributed by atoms with Crippen LogP contribution in [0.25, 0.3) is 0 Å². The van der Waals surface area contributed by atoms with Gasteiger partial charge in [0.25, 0.3) is 0 Å². The molecule has 156 valence electrons. The molecule has 0 atom stereocenters. The monoisotopic (exact) mass is 510 g/mol. The third-order valence-electron chi connectivity index (χ3n) is 4.66. The Hall–Kier alpha value is -0.550. The third kappa shape index (κ3) is 8.15. The highest BCUT2D eigenvalue weighted by molar-refractivity contribution is 14.0. The van der Waals surface area contributed by atoms with E-state index in [0.717, 1.165) is 62.5 Å². The standard InChI is InChI=1S/C18H34N6OS.HI/c1-4-25-14-8-13-21-17(19-2)20-12-7-11-16-22-23-18(26-3)24(16)15-9-5-6-10-15;/h15H,4-14H2,1-3H3,(H2,19,20,21);1H. The van der Waals surface area contributed by atoms with Crippen molar-refractivity contribution in [2.24, 2.45) is 4.99 Å². The van der Waals surface area contributed by atoms with Crippen molar-refractivity contribution in [2.45, 2.75) is 63.1 Å². The summed E-state index contributed by atoms with van der Waals surface area (Å²) < 4.78 is 7.73. The van der Waals surface area contributed by atoms with E-state index in [4.69, 9.17) is 4.74 Å². The Balaban J connectivity index is 0.00000364. The van der Waals surface area contributed by atoms with Gasteiger partial charge < -0.3 is 19.9 Å². The molecule has 1 aliphatic rings. The average molecular weight is 510 g/mol. The number of aryl methyl sites for hydroxylation is 1. The maximum Gasteiger partial charge on any atom is 0.191 e. The van der Waals surface area contributed by atoms with Gasteiger partial charge in [-0.25, -0.2) is 0 Å². The maximum absolute atomic E-state index is 5.34. The first-order valence-electron chi connectivity index (χ1n) is 9.80. The second kappa shape index (κ2) is 14.4. The molecule has 1 heterocycles. The van der Waals surface area contributed by atoms with E-state index in [1.807, 2.05) is 6.92 Å². The molecule has 1 aromatic rings. The Morgan fingerprint density at radius 1 is 1.22 bits per heavy atom. The first kappa shape index (κ1) is 24.5. The minimum atomic E-state index is 0. The van der Waals surface area contributed by atoms with Crippen LogP contribution < -0.4 is 10.6 Å². The van der Waals surface area contributed by atoms with Crippen molar-refractivity contribution in [3.05, 3.63) is 5.82 Å². The number of hydrogen-bond donors (Lipinski definition) is 2. The van der Waals surface area contributed by atoms with Gasteiger partial charge in [0.05, 0.1) is 0 Å². The molecule has 1 fully saturated rings. The second-order valence-corrected chi connectivity index (χ2v) is 7.26. The van der Waals surface area contributed by atoms with E-state index in [-0.39, 0.29) is 24.0 Å². The van der Waals surface area contributed by atoms with E-state index in [0.29, 0.717) is 6.04 Å². The molecule has 1 aromatic heterocycles. The highest BCUT2D eigenvalue weighted by Gasteiger charge is 2.23. The Morgan fingerprint density at radius 2 is 1.93 bits per heavy atom. The van der Waals surface area contributed by atoms with Crippen molar-refractivity contribution in [1.82, 2.24) is 25.4 Å². The number of hydrogen-bond acceptors (Lipinski definition) is 5. The summed E-state index contributed by atoms with van der Waals surface area (Å²) in [5.74, 6) is 1.98. The molecule has 9 heteroatoms. The quantitative estimate of drug-likeness (QED) is 0.157. The maximum atomic E-state index is 5.34. The molecule has 1 saturated carbocycles. The molecule has 0 bridgehead atoms. The zero-order chi connectivity index (χ0) is 18.6. The Morgan fingerprint density at radius 3 is 2.56 bits per heavy atom. The molecular formula is C18H35IN6OS. The molecular weight excluding hydrogens is 475 g/mol. The highest BCUT2D eigenvalue weighted by atomic mass is 127.